The molecule has 0 heterocycles. The van der Waals surface area contributed by atoms with E-state index in [0.717, 1.165) is 51.4 Å². The lowest BCUT2D eigenvalue weighted by Crippen LogP contribution is -2.45. The summed E-state index contributed by atoms with van der Waals surface area (Å²) in [5.41, 5.74) is 0. The highest BCUT2D eigenvalue weighted by atomic mass is 16.3. The summed E-state index contributed by atoms with van der Waals surface area (Å²) in [5.74, 6) is -0.0550. The van der Waals surface area contributed by atoms with Gasteiger partial charge < -0.3 is 15.5 Å². The molecule has 0 aliphatic heterocycles. The Labute approximate surface area is 527 Å². The van der Waals surface area contributed by atoms with Crippen LogP contribution < -0.4 is 5.32 Å². The number of aliphatic hydroxyl groups is 2. The average molecular weight is 1180 g/mol. The molecule has 494 valence electrons. The number of aliphatic hydroxyl groups excluding tert-OH is 2. The van der Waals surface area contributed by atoms with E-state index in [0.29, 0.717) is 6.42 Å². The van der Waals surface area contributed by atoms with Gasteiger partial charge in [0, 0.05) is 6.42 Å². The Morgan fingerprint density at radius 1 is 0.298 bits per heavy atom. The third kappa shape index (κ3) is 70.8. The maximum Gasteiger partial charge on any atom is 0.220 e. The summed E-state index contributed by atoms with van der Waals surface area (Å²) in [5, 5.41) is 23.4. The number of nitrogens with one attached hydrogen (secondary N) is 1. The molecule has 0 aromatic rings. The minimum Gasteiger partial charge on any atom is -0.394 e. The predicted molar refractivity (Wildman–Crippen MR) is 378 cm³/mol. The van der Waals surface area contributed by atoms with Crippen LogP contribution in [0.2, 0.25) is 0 Å². The van der Waals surface area contributed by atoms with E-state index in [1.807, 2.05) is 6.08 Å². The van der Waals surface area contributed by atoms with Crippen LogP contribution >= 0.6 is 0 Å². The maximum absolute atomic E-state index is 12.6. The fourth-order valence-electron chi connectivity index (χ4n) is 12.2. The van der Waals surface area contributed by atoms with Crippen molar-refractivity contribution in [3.63, 3.8) is 0 Å². The Hall–Kier alpha value is -1.91. The molecule has 0 spiro atoms. The van der Waals surface area contributed by atoms with Gasteiger partial charge in [0.1, 0.15) is 0 Å². The number of carbonyl (C=O) groups is 1. The van der Waals surface area contributed by atoms with Gasteiger partial charge in [0.2, 0.25) is 5.91 Å². The molecule has 2 unspecified atom stereocenters. The Morgan fingerprint density at radius 2 is 0.524 bits per heavy atom. The van der Waals surface area contributed by atoms with E-state index in [9.17, 15) is 15.0 Å². The van der Waals surface area contributed by atoms with Crippen LogP contribution in [-0.2, 0) is 4.79 Å². The van der Waals surface area contributed by atoms with Crippen molar-refractivity contribution in [3.05, 3.63) is 60.8 Å². The summed E-state index contributed by atoms with van der Waals surface area (Å²) in [4.78, 5) is 12.6. The van der Waals surface area contributed by atoms with Crippen molar-refractivity contribution in [2.75, 3.05) is 6.61 Å². The summed E-state index contributed by atoms with van der Waals surface area (Å²) in [6, 6.07) is -0.624. The van der Waals surface area contributed by atoms with Gasteiger partial charge in [-0.05, 0) is 57.8 Å². The van der Waals surface area contributed by atoms with Gasteiger partial charge in [0.05, 0.1) is 18.8 Å². The van der Waals surface area contributed by atoms with E-state index in [1.54, 1.807) is 6.08 Å². The van der Waals surface area contributed by atoms with Crippen molar-refractivity contribution in [1.29, 1.82) is 0 Å². The average Bonchev–Trinajstić information content (AvgIpc) is 3.51. The highest BCUT2D eigenvalue weighted by Crippen LogP contribution is 2.20. The topological polar surface area (TPSA) is 69.6 Å². The second kappa shape index (κ2) is 75.3. The number of carbonyl (C=O) groups excluding carboxylic acids is 1. The molecule has 0 saturated carbocycles. The molecule has 2 atom stereocenters. The molecule has 0 bridgehead atoms. The molecule has 0 aromatic carbocycles. The molecule has 1 amide bonds. The minimum atomic E-state index is -0.841. The summed E-state index contributed by atoms with van der Waals surface area (Å²) in [6.07, 6.45) is 108. The van der Waals surface area contributed by atoms with Crippen LogP contribution in [0.5, 0.6) is 0 Å². The van der Waals surface area contributed by atoms with Crippen molar-refractivity contribution in [2.24, 2.45) is 0 Å². The van der Waals surface area contributed by atoms with Gasteiger partial charge in [-0.2, -0.15) is 0 Å². The first-order chi connectivity index (χ1) is 41.7. The van der Waals surface area contributed by atoms with Crippen molar-refractivity contribution < 1.29 is 15.0 Å². The van der Waals surface area contributed by atoms with Gasteiger partial charge in [-0.1, -0.05) is 421 Å². The Bertz CT molecular complexity index is 1380. The Kier molecular flexibility index (Phi) is 73.6. The van der Waals surface area contributed by atoms with Crippen molar-refractivity contribution in [1.82, 2.24) is 5.32 Å². The first-order valence-electron chi connectivity index (χ1n) is 38.5. The summed E-state index contributed by atoms with van der Waals surface area (Å²) in [6.45, 7) is 4.24. The predicted octanol–water partition coefficient (Wildman–Crippen LogP) is 26.6. The minimum absolute atomic E-state index is 0.0550. The zero-order valence-corrected chi connectivity index (χ0v) is 57.2. The van der Waals surface area contributed by atoms with Gasteiger partial charge in [-0.3, -0.25) is 4.79 Å². The van der Waals surface area contributed by atoms with Gasteiger partial charge >= 0.3 is 0 Å². The monoisotopic (exact) mass is 1170 g/mol. The van der Waals surface area contributed by atoms with Crippen molar-refractivity contribution in [3.8, 4) is 0 Å². The quantitative estimate of drug-likeness (QED) is 0.0420. The van der Waals surface area contributed by atoms with Crippen LogP contribution in [0.4, 0.5) is 0 Å². The van der Waals surface area contributed by atoms with Crippen LogP contribution in [0.3, 0.4) is 0 Å². The maximum atomic E-state index is 12.6. The van der Waals surface area contributed by atoms with E-state index in [-0.39, 0.29) is 12.5 Å². The third-order valence-electron chi connectivity index (χ3n) is 18.0. The van der Waals surface area contributed by atoms with E-state index in [4.69, 9.17) is 0 Å². The lowest BCUT2D eigenvalue weighted by Gasteiger charge is -2.20. The first kappa shape index (κ1) is 82.1. The smallest absolute Gasteiger partial charge is 0.220 e. The standard InChI is InChI=1S/C80H151NO3/c1-3-5-7-9-11-13-15-17-19-21-23-25-27-29-31-33-35-37-38-39-40-41-42-44-46-48-50-52-54-56-58-60-62-64-66-68-70-72-74-76-80(84)81-78(77-82)79(83)75-73-71-69-67-65-63-61-59-57-55-53-51-49-47-45-43-36-34-32-30-28-26-24-22-20-18-16-14-12-10-8-6-4-2/h5,7,11,13,17,19,23,25,73,75,78-79,82-83H,3-4,6,8-10,12,14-16,18,20-22,24,26-72,74,76-77H2,1-2H3,(H,81,84)/b7-5-,13-11-,19-17-,25-23-,75-73+. The van der Waals surface area contributed by atoms with Crippen LogP contribution in [0.1, 0.15) is 425 Å². The zero-order valence-electron chi connectivity index (χ0n) is 57.2. The number of hydrogen-bond acceptors (Lipinski definition) is 3. The molecule has 0 radical (unpaired) electrons. The van der Waals surface area contributed by atoms with E-state index in [1.165, 1.54) is 353 Å². The summed E-state index contributed by atoms with van der Waals surface area (Å²) < 4.78 is 0. The second-order valence-corrected chi connectivity index (χ2v) is 26.4. The summed E-state index contributed by atoms with van der Waals surface area (Å²) in [7, 11) is 0. The number of amides is 1. The number of rotatable bonds is 72. The van der Waals surface area contributed by atoms with Crippen molar-refractivity contribution >= 4 is 5.91 Å². The van der Waals surface area contributed by atoms with Crippen LogP contribution in [-0.4, -0.2) is 34.9 Å². The molecule has 84 heavy (non-hydrogen) atoms. The second-order valence-electron chi connectivity index (χ2n) is 26.4. The molecule has 4 heteroatoms. The molecule has 0 fully saturated rings. The molecule has 4 nitrogen and oxygen atoms in total. The molecule has 0 aliphatic rings. The normalized spacial score (nSPS) is 13.0. The van der Waals surface area contributed by atoms with Gasteiger partial charge in [0.15, 0.2) is 0 Å². The summed E-state index contributed by atoms with van der Waals surface area (Å²) >= 11 is 0. The highest BCUT2D eigenvalue weighted by molar-refractivity contribution is 5.76. The van der Waals surface area contributed by atoms with E-state index < -0.39 is 12.1 Å². The first-order valence-corrected chi connectivity index (χ1v) is 38.5. The molecule has 0 aliphatic carbocycles. The molecule has 0 saturated heterocycles. The molecular formula is C80H151NO3. The highest BCUT2D eigenvalue weighted by Gasteiger charge is 2.18. The van der Waals surface area contributed by atoms with Crippen LogP contribution in [0.15, 0.2) is 60.8 Å². The fraction of sp³-hybridized carbons (Fsp3) is 0.863. The van der Waals surface area contributed by atoms with Crippen LogP contribution in [0.25, 0.3) is 0 Å². The SMILES string of the molecule is CC/C=C\C/C=C\C/C=C\C/C=C\CCCCCCCCCCCCCCCCCCCCCCCCCCCCC(=O)NC(CO)C(O)/C=C/CCCCCCCCCCCCCCCCCCCCCCCCCCCCCCCCC. The largest absolute Gasteiger partial charge is 0.394 e. The molecule has 0 rings (SSSR count). The molecule has 0 aromatic heterocycles. The van der Waals surface area contributed by atoms with Gasteiger partial charge in [0.25, 0.3) is 0 Å². The molecular weight excluding hydrogens is 1020 g/mol. The van der Waals surface area contributed by atoms with Crippen LogP contribution in [0, 0.1) is 0 Å². The van der Waals surface area contributed by atoms with E-state index >= 15 is 0 Å². The third-order valence-corrected chi connectivity index (χ3v) is 18.0. The Morgan fingerprint density at radius 3 is 0.786 bits per heavy atom. The fourth-order valence-corrected chi connectivity index (χ4v) is 12.2. The van der Waals surface area contributed by atoms with Gasteiger partial charge in [-0.25, -0.2) is 0 Å². The van der Waals surface area contributed by atoms with E-state index in [2.05, 4.69) is 67.8 Å². The Balaban J connectivity index is 3.39. The van der Waals surface area contributed by atoms with Crippen molar-refractivity contribution in [2.45, 2.75) is 437 Å². The lowest BCUT2D eigenvalue weighted by molar-refractivity contribution is -0.123. The number of hydrogen-bond donors (Lipinski definition) is 3. The van der Waals surface area contributed by atoms with Gasteiger partial charge in [-0.15, -0.1) is 0 Å². The number of allylic oxidation sites excluding steroid dienone is 9. The molecule has 3 N–H and O–H groups in total. The lowest BCUT2D eigenvalue weighted by atomic mass is 10.0. The zero-order chi connectivity index (χ0) is 60.5. The number of unbranched alkanes of at least 4 members (excludes halogenated alkanes) is 57.